The molecule has 0 bridgehead atoms. The summed E-state index contributed by atoms with van der Waals surface area (Å²) >= 11 is 0. The first-order valence-electron chi connectivity index (χ1n) is 9.33. The number of hydrogen-bond acceptors (Lipinski definition) is 4. The van der Waals surface area contributed by atoms with Crippen LogP contribution in [0.1, 0.15) is 17.3 Å². The zero-order chi connectivity index (χ0) is 18.6. The molecular formula is C21H24N4O2. The van der Waals surface area contributed by atoms with Gasteiger partial charge in [0.1, 0.15) is 0 Å². The van der Waals surface area contributed by atoms with Gasteiger partial charge in [-0.2, -0.15) is 0 Å². The van der Waals surface area contributed by atoms with E-state index < -0.39 is 0 Å². The molecular weight excluding hydrogens is 340 g/mol. The number of nitrogens with zero attached hydrogens (tertiary/aromatic N) is 2. The van der Waals surface area contributed by atoms with Crippen LogP contribution in [0.4, 0.5) is 0 Å². The van der Waals surface area contributed by atoms with Gasteiger partial charge in [-0.1, -0.05) is 18.2 Å². The molecule has 6 heteroatoms. The van der Waals surface area contributed by atoms with Gasteiger partial charge in [0.15, 0.2) is 0 Å². The molecule has 2 heterocycles. The van der Waals surface area contributed by atoms with Crippen molar-refractivity contribution in [2.24, 2.45) is 0 Å². The fourth-order valence-corrected chi connectivity index (χ4v) is 3.48. The third kappa shape index (κ3) is 4.18. The van der Waals surface area contributed by atoms with E-state index in [-0.39, 0.29) is 11.9 Å². The first-order chi connectivity index (χ1) is 13.2. The van der Waals surface area contributed by atoms with Crippen LogP contribution in [0.25, 0.3) is 22.2 Å². The maximum Gasteiger partial charge on any atom is 0.251 e. The summed E-state index contributed by atoms with van der Waals surface area (Å²) in [6, 6.07) is 13.9. The average Bonchev–Trinajstić information content (AvgIpc) is 3.16. The molecule has 2 N–H and O–H groups in total. The molecule has 0 spiro atoms. The van der Waals surface area contributed by atoms with E-state index in [1.165, 1.54) is 0 Å². The summed E-state index contributed by atoms with van der Waals surface area (Å²) in [5.41, 5.74) is 4.67. The number of fused-ring (bicyclic) bond motifs is 1. The second-order valence-corrected chi connectivity index (χ2v) is 7.00. The molecule has 0 saturated carbocycles. The van der Waals surface area contributed by atoms with Crippen molar-refractivity contribution in [2.45, 2.75) is 13.0 Å². The number of amides is 1. The molecule has 1 aromatic heterocycles. The SMILES string of the molecule is C[C@H](CN1CCOCC1)NC(=O)c1cccc(-c2ccc3nc[nH]c3c2)c1. The smallest absolute Gasteiger partial charge is 0.251 e. The number of H-pyrrole nitrogens is 1. The van der Waals surface area contributed by atoms with Gasteiger partial charge in [0, 0.05) is 31.2 Å². The number of carbonyl (C=O) groups excluding carboxylic acids is 1. The first kappa shape index (κ1) is 17.7. The second kappa shape index (κ2) is 7.90. The largest absolute Gasteiger partial charge is 0.379 e. The Hall–Kier alpha value is -2.70. The molecule has 1 saturated heterocycles. The molecule has 1 aliphatic heterocycles. The fourth-order valence-electron chi connectivity index (χ4n) is 3.48. The Bertz CT molecular complexity index is 931. The topological polar surface area (TPSA) is 70.2 Å². The number of aromatic amines is 1. The molecule has 1 aliphatic rings. The molecule has 1 fully saturated rings. The van der Waals surface area contributed by atoms with Gasteiger partial charge >= 0.3 is 0 Å². The Morgan fingerprint density at radius 3 is 2.89 bits per heavy atom. The lowest BCUT2D eigenvalue weighted by Gasteiger charge is -2.29. The highest BCUT2D eigenvalue weighted by atomic mass is 16.5. The highest BCUT2D eigenvalue weighted by Crippen LogP contribution is 2.23. The summed E-state index contributed by atoms with van der Waals surface area (Å²) in [6.45, 7) is 6.26. The van der Waals surface area contributed by atoms with Crippen LogP contribution >= 0.6 is 0 Å². The standard InChI is InChI=1S/C21H24N4O2/c1-15(13-25-7-9-27-10-8-25)24-21(26)18-4-2-3-16(11-18)17-5-6-19-20(12-17)23-14-22-19/h2-6,11-12,14-15H,7-10,13H2,1H3,(H,22,23)(H,24,26)/t15-/m1/s1. The van der Waals surface area contributed by atoms with Crippen LogP contribution in [-0.2, 0) is 4.74 Å². The van der Waals surface area contributed by atoms with Crippen LogP contribution < -0.4 is 5.32 Å². The van der Waals surface area contributed by atoms with Gasteiger partial charge in [0.05, 0.1) is 30.6 Å². The molecule has 6 nitrogen and oxygen atoms in total. The minimum Gasteiger partial charge on any atom is -0.379 e. The van der Waals surface area contributed by atoms with E-state index in [4.69, 9.17) is 4.74 Å². The predicted molar refractivity (Wildman–Crippen MR) is 106 cm³/mol. The normalized spacial score (nSPS) is 16.3. The Balaban J connectivity index is 1.45. The third-order valence-electron chi connectivity index (χ3n) is 4.89. The van der Waals surface area contributed by atoms with Gasteiger partial charge in [-0.3, -0.25) is 9.69 Å². The number of nitrogens with one attached hydrogen (secondary N) is 2. The van der Waals surface area contributed by atoms with Gasteiger partial charge in [-0.05, 0) is 42.3 Å². The number of imidazole rings is 1. The maximum atomic E-state index is 12.7. The Morgan fingerprint density at radius 2 is 2.04 bits per heavy atom. The van der Waals surface area contributed by atoms with Crippen LogP contribution in [0.3, 0.4) is 0 Å². The van der Waals surface area contributed by atoms with E-state index in [1.54, 1.807) is 6.33 Å². The van der Waals surface area contributed by atoms with E-state index in [2.05, 4.69) is 26.3 Å². The fraction of sp³-hybridized carbons (Fsp3) is 0.333. The zero-order valence-corrected chi connectivity index (χ0v) is 15.4. The third-order valence-corrected chi connectivity index (χ3v) is 4.89. The monoisotopic (exact) mass is 364 g/mol. The van der Waals surface area contributed by atoms with Gasteiger partial charge in [0.25, 0.3) is 5.91 Å². The summed E-state index contributed by atoms with van der Waals surface area (Å²) in [4.78, 5) is 22.4. The first-order valence-corrected chi connectivity index (χ1v) is 9.33. The minimum absolute atomic E-state index is 0.0415. The summed E-state index contributed by atoms with van der Waals surface area (Å²) in [5.74, 6) is -0.0415. The van der Waals surface area contributed by atoms with Crippen LogP contribution in [0, 0.1) is 0 Å². The molecule has 3 aromatic rings. The van der Waals surface area contributed by atoms with E-state index in [1.807, 2.05) is 43.3 Å². The minimum atomic E-state index is -0.0415. The number of ether oxygens (including phenoxy) is 1. The highest BCUT2D eigenvalue weighted by molar-refractivity contribution is 5.96. The molecule has 1 atom stereocenters. The Kier molecular flexibility index (Phi) is 5.18. The van der Waals surface area contributed by atoms with Gasteiger partial charge in [0.2, 0.25) is 0 Å². The summed E-state index contributed by atoms with van der Waals surface area (Å²) in [5, 5.41) is 3.11. The van der Waals surface area contributed by atoms with Gasteiger partial charge in [-0.25, -0.2) is 4.98 Å². The lowest BCUT2D eigenvalue weighted by atomic mass is 10.0. The number of carbonyl (C=O) groups is 1. The molecule has 0 aliphatic carbocycles. The van der Waals surface area contributed by atoms with Gasteiger partial charge < -0.3 is 15.0 Å². The van der Waals surface area contributed by atoms with Crippen molar-refractivity contribution in [1.82, 2.24) is 20.2 Å². The van der Waals surface area contributed by atoms with Crippen molar-refractivity contribution >= 4 is 16.9 Å². The summed E-state index contributed by atoms with van der Waals surface area (Å²) in [7, 11) is 0. The number of aromatic nitrogens is 2. The number of morpholine rings is 1. The van der Waals surface area contributed by atoms with Crippen molar-refractivity contribution in [3.8, 4) is 11.1 Å². The second-order valence-electron chi connectivity index (χ2n) is 7.00. The number of hydrogen-bond donors (Lipinski definition) is 2. The molecule has 1 amide bonds. The summed E-state index contributed by atoms with van der Waals surface area (Å²) < 4.78 is 5.37. The Labute approximate surface area is 158 Å². The van der Waals surface area contributed by atoms with E-state index >= 15 is 0 Å². The van der Waals surface area contributed by atoms with Crippen LogP contribution in [0.15, 0.2) is 48.8 Å². The van der Waals surface area contributed by atoms with Crippen molar-refractivity contribution in [3.63, 3.8) is 0 Å². The van der Waals surface area contributed by atoms with Crippen molar-refractivity contribution in [3.05, 3.63) is 54.4 Å². The lowest BCUT2D eigenvalue weighted by Crippen LogP contribution is -2.46. The zero-order valence-electron chi connectivity index (χ0n) is 15.4. The van der Waals surface area contributed by atoms with E-state index in [9.17, 15) is 4.79 Å². The molecule has 4 rings (SSSR count). The van der Waals surface area contributed by atoms with Crippen molar-refractivity contribution in [1.29, 1.82) is 0 Å². The van der Waals surface area contributed by atoms with Crippen LogP contribution in [-0.4, -0.2) is 59.7 Å². The molecule has 0 unspecified atom stereocenters. The number of rotatable bonds is 5. The highest BCUT2D eigenvalue weighted by Gasteiger charge is 2.16. The summed E-state index contributed by atoms with van der Waals surface area (Å²) in [6.07, 6.45) is 1.69. The van der Waals surface area contributed by atoms with Crippen LogP contribution in [0.2, 0.25) is 0 Å². The molecule has 140 valence electrons. The Morgan fingerprint density at radius 1 is 1.22 bits per heavy atom. The van der Waals surface area contributed by atoms with Crippen LogP contribution in [0.5, 0.6) is 0 Å². The van der Waals surface area contributed by atoms with Gasteiger partial charge in [-0.15, -0.1) is 0 Å². The average molecular weight is 364 g/mol. The maximum absolute atomic E-state index is 12.7. The number of benzene rings is 2. The van der Waals surface area contributed by atoms with Crippen molar-refractivity contribution in [2.75, 3.05) is 32.8 Å². The lowest BCUT2D eigenvalue weighted by molar-refractivity contribution is 0.0342. The predicted octanol–water partition coefficient (Wildman–Crippen LogP) is 2.68. The molecule has 0 radical (unpaired) electrons. The molecule has 2 aromatic carbocycles. The van der Waals surface area contributed by atoms with E-state index in [0.29, 0.717) is 5.56 Å². The molecule has 27 heavy (non-hydrogen) atoms. The quantitative estimate of drug-likeness (QED) is 0.730. The van der Waals surface area contributed by atoms with Crippen molar-refractivity contribution < 1.29 is 9.53 Å². The van der Waals surface area contributed by atoms with E-state index in [0.717, 1.165) is 55.0 Å².